The standard InChI is InChI=1S/C17H18O2Si/c1-13(18)19-17-8-7-15-11-14(5-6-16(15)12-17)9-10-20(2,3)4/h5-8,11-12H,1-4H3. The number of carbonyl (C=O) groups excluding carboxylic acids is 1. The Morgan fingerprint density at radius 1 is 1.05 bits per heavy atom. The van der Waals surface area contributed by atoms with Gasteiger partial charge < -0.3 is 4.74 Å². The Labute approximate surface area is 120 Å². The number of hydrogen-bond acceptors (Lipinski definition) is 2. The Morgan fingerprint density at radius 2 is 1.70 bits per heavy atom. The van der Waals surface area contributed by atoms with Crippen LogP contribution >= 0.6 is 0 Å². The van der Waals surface area contributed by atoms with Gasteiger partial charge in [0.15, 0.2) is 0 Å². The van der Waals surface area contributed by atoms with E-state index in [1.807, 2.05) is 24.3 Å². The molecule has 2 aromatic rings. The Kier molecular flexibility index (Phi) is 3.96. The van der Waals surface area contributed by atoms with Crippen LogP contribution in [-0.2, 0) is 4.79 Å². The zero-order chi connectivity index (χ0) is 14.8. The molecule has 2 nitrogen and oxygen atoms in total. The van der Waals surface area contributed by atoms with Gasteiger partial charge in [0, 0.05) is 12.5 Å². The molecule has 0 atom stereocenters. The molecule has 0 heterocycles. The van der Waals surface area contributed by atoms with E-state index in [9.17, 15) is 4.79 Å². The minimum Gasteiger partial charge on any atom is -0.427 e. The summed E-state index contributed by atoms with van der Waals surface area (Å²) < 4.78 is 5.08. The second kappa shape index (κ2) is 5.52. The third-order valence-corrected chi connectivity index (χ3v) is 3.53. The summed E-state index contributed by atoms with van der Waals surface area (Å²) in [5, 5.41) is 2.14. The average Bonchev–Trinajstić information content (AvgIpc) is 2.34. The number of hydrogen-bond donors (Lipinski definition) is 0. The molecule has 20 heavy (non-hydrogen) atoms. The van der Waals surface area contributed by atoms with Crippen molar-refractivity contribution in [1.29, 1.82) is 0 Å². The maximum Gasteiger partial charge on any atom is 0.308 e. The van der Waals surface area contributed by atoms with Crippen LogP contribution in [0.4, 0.5) is 0 Å². The summed E-state index contributed by atoms with van der Waals surface area (Å²) in [4.78, 5) is 10.9. The van der Waals surface area contributed by atoms with E-state index in [1.54, 1.807) is 6.07 Å². The highest BCUT2D eigenvalue weighted by Crippen LogP contribution is 2.22. The van der Waals surface area contributed by atoms with Crippen LogP contribution in [-0.4, -0.2) is 14.0 Å². The number of ether oxygens (including phenoxy) is 1. The van der Waals surface area contributed by atoms with E-state index in [4.69, 9.17) is 4.74 Å². The van der Waals surface area contributed by atoms with Crippen LogP contribution in [0.1, 0.15) is 12.5 Å². The molecule has 3 heteroatoms. The van der Waals surface area contributed by atoms with E-state index in [0.29, 0.717) is 5.75 Å². The van der Waals surface area contributed by atoms with Crippen molar-refractivity contribution in [3.8, 4) is 17.2 Å². The third-order valence-electron chi connectivity index (χ3n) is 2.66. The molecule has 0 fully saturated rings. The summed E-state index contributed by atoms with van der Waals surface area (Å²) in [6.45, 7) is 8.09. The van der Waals surface area contributed by atoms with Gasteiger partial charge in [0.2, 0.25) is 0 Å². The molecule has 0 unspecified atom stereocenters. The van der Waals surface area contributed by atoms with Crippen LogP contribution in [0, 0.1) is 11.5 Å². The fourth-order valence-electron chi connectivity index (χ4n) is 1.79. The van der Waals surface area contributed by atoms with Crippen molar-refractivity contribution in [2.75, 3.05) is 0 Å². The summed E-state index contributed by atoms with van der Waals surface area (Å²) in [7, 11) is -1.35. The molecule has 0 saturated carbocycles. The molecular weight excluding hydrogens is 264 g/mol. The molecule has 0 bridgehead atoms. The van der Waals surface area contributed by atoms with Crippen molar-refractivity contribution in [3.05, 3.63) is 42.0 Å². The molecule has 2 aromatic carbocycles. The van der Waals surface area contributed by atoms with E-state index >= 15 is 0 Å². The maximum absolute atomic E-state index is 10.9. The smallest absolute Gasteiger partial charge is 0.308 e. The van der Waals surface area contributed by atoms with E-state index < -0.39 is 8.07 Å². The predicted octanol–water partition coefficient (Wildman–Crippen LogP) is 3.99. The fourth-order valence-corrected chi connectivity index (χ4v) is 2.31. The van der Waals surface area contributed by atoms with Crippen LogP contribution in [0.5, 0.6) is 5.75 Å². The highest BCUT2D eigenvalue weighted by atomic mass is 28.3. The highest BCUT2D eigenvalue weighted by Gasteiger charge is 2.07. The van der Waals surface area contributed by atoms with Crippen molar-refractivity contribution >= 4 is 24.8 Å². The normalized spacial score (nSPS) is 10.8. The van der Waals surface area contributed by atoms with Gasteiger partial charge in [-0.3, -0.25) is 4.79 Å². The molecule has 0 saturated heterocycles. The fraction of sp³-hybridized carbons (Fsp3) is 0.235. The molecule has 0 aliphatic heterocycles. The quantitative estimate of drug-likeness (QED) is 0.342. The van der Waals surface area contributed by atoms with Crippen LogP contribution in [0.25, 0.3) is 10.8 Å². The third kappa shape index (κ3) is 3.97. The number of carbonyl (C=O) groups is 1. The largest absolute Gasteiger partial charge is 0.427 e. The topological polar surface area (TPSA) is 26.3 Å². The first-order valence-electron chi connectivity index (χ1n) is 6.59. The lowest BCUT2D eigenvalue weighted by Gasteiger charge is -2.05. The van der Waals surface area contributed by atoms with Gasteiger partial charge in [-0.05, 0) is 35.0 Å². The molecule has 0 aliphatic rings. The van der Waals surface area contributed by atoms with Crippen LogP contribution in [0.2, 0.25) is 19.6 Å². The second-order valence-electron chi connectivity index (χ2n) is 5.82. The first-order valence-corrected chi connectivity index (χ1v) is 10.1. The summed E-state index contributed by atoms with van der Waals surface area (Å²) in [6, 6.07) is 11.7. The first-order chi connectivity index (χ1) is 9.33. The van der Waals surface area contributed by atoms with Crippen molar-refractivity contribution in [1.82, 2.24) is 0 Å². The number of esters is 1. The van der Waals surface area contributed by atoms with Gasteiger partial charge in [-0.2, -0.15) is 0 Å². The molecule has 2 rings (SSSR count). The van der Waals surface area contributed by atoms with Crippen LogP contribution in [0.15, 0.2) is 36.4 Å². The van der Waals surface area contributed by atoms with Crippen LogP contribution < -0.4 is 4.74 Å². The Bertz CT molecular complexity index is 715. The van der Waals surface area contributed by atoms with Gasteiger partial charge in [-0.1, -0.05) is 37.7 Å². The van der Waals surface area contributed by atoms with Gasteiger partial charge in [0.1, 0.15) is 13.8 Å². The molecule has 0 aromatic heterocycles. The van der Waals surface area contributed by atoms with Crippen molar-refractivity contribution in [2.45, 2.75) is 26.6 Å². The monoisotopic (exact) mass is 282 g/mol. The zero-order valence-corrected chi connectivity index (χ0v) is 13.3. The molecule has 0 aliphatic carbocycles. The maximum atomic E-state index is 10.9. The molecule has 0 amide bonds. The van der Waals surface area contributed by atoms with E-state index in [0.717, 1.165) is 16.3 Å². The second-order valence-corrected chi connectivity index (χ2v) is 10.6. The number of rotatable bonds is 1. The van der Waals surface area contributed by atoms with Crippen molar-refractivity contribution < 1.29 is 9.53 Å². The lowest BCUT2D eigenvalue weighted by molar-refractivity contribution is -0.131. The van der Waals surface area contributed by atoms with Gasteiger partial charge in [-0.15, -0.1) is 5.54 Å². The zero-order valence-electron chi connectivity index (χ0n) is 12.3. The van der Waals surface area contributed by atoms with Gasteiger partial charge in [0.25, 0.3) is 0 Å². The molecule has 102 valence electrons. The van der Waals surface area contributed by atoms with Crippen LogP contribution in [0.3, 0.4) is 0 Å². The van der Waals surface area contributed by atoms with Crippen molar-refractivity contribution in [2.24, 2.45) is 0 Å². The van der Waals surface area contributed by atoms with E-state index in [2.05, 4.69) is 37.2 Å². The van der Waals surface area contributed by atoms with Gasteiger partial charge in [-0.25, -0.2) is 0 Å². The molecular formula is C17H18O2Si. The molecule has 0 radical (unpaired) electrons. The summed E-state index contributed by atoms with van der Waals surface area (Å²) in [5.41, 5.74) is 4.39. The van der Waals surface area contributed by atoms with E-state index in [1.165, 1.54) is 6.92 Å². The van der Waals surface area contributed by atoms with Crippen molar-refractivity contribution in [3.63, 3.8) is 0 Å². The highest BCUT2D eigenvalue weighted by molar-refractivity contribution is 6.83. The summed E-state index contributed by atoms with van der Waals surface area (Å²) in [6.07, 6.45) is 0. The number of benzene rings is 2. The predicted molar refractivity (Wildman–Crippen MR) is 85.5 cm³/mol. The average molecular weight is 282 g/mol. The summed E-state index contributed by atoms with van der Waals surface area (Å²) >= 11 is 0. The SMILES string of the molecule is CC(=O)Oc1ccc2cc(C#C[Si](C)(C)C)ccc2c1. The minimum atomic E-state index is -1.35. The summed E-state index contributed by atoms with van der Waals surface area (Å²) in [5.74, 6) is 3.52. The Morgan fingerprint density at radius 3 is 2.35 bits per heavy atom. The van der Waals surface area contributed by atoms with E-state index in [-0.39, 0.29) is 5.97 Å². The lowest BCUT2D eigenvalue weighted by atomic mass is 10.1. The van der Waals surface area contributed by atoms with Gasteiger partial charge >= 0.3 is 5.97 Å². The minimum absolute atomic E-state index is 0.304. The molecule has 0 spiro atoms. The lowest BCUT2D eigenvalue weighted by Crippen LogP contribution is -2.16. The Balaban J connectivity index is 2.36. The van der Waals surface area contributed by atoms with Gasteiger partial charge in [0.05, 0.1) is 0 Å². The Hall–Kier alpha value is -2.05. The molecule has 0 N–H and O–H groups in total. The first kappa shape index (κ1) is 14.4. The number of fused-ring (bicyclic) bond motifs is 1.